The van der Waals surface area contributed by atoms with E-state index in [2.05, 4.69) is 5.32 Å². The third-order valence-corrected chi connectivity index (χ3v) is 1.95. The first-order chi connectivity index (χ1) is 8.08. The van der Waals surface area contributed by atoms with Crippen molar-refractivity contribution < 1.29 is 14.0 Å². The van der Waals surface area contributed by atoms with Gasteiger partial charge in [-0.25, -0.2) is 4.39 Å². The van der Waals surface area contributed by atoms with Crippen molar-refractivity contribution in [1.82, 2.24) is 5.32 Å². The van der Waals surface area contributed by atoms with Crippen LogP contribution in [0.2, 0.25) is 0 Å². The molecule has 3 N–H and O–H groups in total. The Morgan fingerprint density at radius 2 is 2.18 bits per heavy atom. The quantitative estimate of drug-likeness (QED) is 0.743. The first kappa shape index (κ1) is 12.9. The van der Waals surface area contributed by atoms with Gasteiger partial charge in [0.1, 0.15) is 5.82 Å². The monoisotopic (exact) mass is 236 g/mol. The summed E-state index contributed by atoms with van der Waals surface area (Å²) in [6.45, 7) is 0.196. The van der Waals surface area contributed by atoms with Crippen LogP contribution in [-0.2, 0) is 9.59 Å². The number of rotatable bonds is 5. The highest BCUT2D eigenvalue weighted by Gasteiger charge is 1.97. The van der Waals surface area contributed by atoms with E-state index in [-0.39, 0.29) is 24.7 Å². The Balaban J connectivity index is 2.43. The van der Waals surface area contributed by atoms with Crippen molar-refractivity contribution >= 4 is 17.9 Å². The highest BCUT2D eigenvalue weighted by molar-refractivity contribution is 5.91. The van der Waals surface area contributed by atoms with Crippen LogP contribution in [0.25, 0.3) is 6.08 Å². The first-order valence-electron chi connectivity index (χ1n) is 5.08. The van der Waals surface area contributed by atoms with Crippen molar-refractivity contribution in [2.45, 2.75) is 6.42 Å². The molecule has 4 nitrogen and oxygen atoms in total. The van der Waals surface area contributed by atoms with Crippen LogP contribution >= 0.6 is 0 Å². The number of nitrogens with two attached hydrogens (primary N) is 1. The molecule has 1 aromatic carbocycles. The second-order valence-electron chi connectivity index (χ2n) is 3.40. The van der Waals surface area contributed by atoms with Gasteiger partial charge in [0.15, 0.2) is 0 Å². The zero-order valence-corrected chi connectivity index (χ0v) is 9.15. The van der Waals surface area contributed by atoms with Crippen LogP contribution in [0.15, 0.2) is 30.3 Å². The normalized spacial score (nSPS) is 10.4. The van der Waals surface area contributed by atoms with E-state index in [1.54, 1.807) is 12.1 Å². The molecule has 5 heteroatoms. The lowest BCUT2D eigenvalue weighted by atomic mass is 10.2. The summed E-state index contributed by atoms with van der Waals surface area (Å²) in [7, 11) is 0. The summed E-state index contributed by atoms with van der Waals surface area (Å²) in [5.74, 6) is -1.18. The summed E-state index contributed by atoms with van der Waals surface area (Å²) in [5.41, 5.74) is 5.50. The second kappa shape index (κ2) is 6.42. The molecule has 0 spiro atoms. The lowest BCUT2D eigenvalue weighted by Gasteiger charge is -1.98. The fourth-order valence-corrected chi connectivity index (χ4v) is 1.15. The Kier molecular flexibility index (Phi) is 4.87. The smallest absolute Gasteiger partial charge is 0.244 e. The number of hydrogen-bond donors (Lipinski definition) is 2. The van der Waals surface area contributed by atoms with Gasteiger partial charge in [-0.3, -0.25) is 9.59 Å². The molecule has 17 heavy (non-hydrogen) atoms. The van der Waals surface area contributed by atoms with Crippen molar-refractivity contribution in [2.24, 2.45) is 5.73 Å². The molecule has 90 valence electrons. The maximum atomic E-state index is 12.8. The maximum Gasteiger partial charge on any atom is 0.244 e. The van der Waals surface area contributed by atoms with E-state index in [0.717, 1.165) is 0 Å². The number of primary amides is 1. The van der Waals surface area contributed by atoms with E-state index in [4.69, 9.17) is 5.73 Å². The predicted molar refractivity (Wildman–Crippen MR) is 62.3 cm³/mol. The van der Waals surface area contributed by atoms with Gasteiger partial charge in [0.2, 0.25) is 11.8 Å². The molecule has 0 saturated carbocycles. The molecule has 0 heterocycles. The van der Waals surface area contributed by atoms with Gasteiger partial charge in [0.05, 0.1) is 0 Å². The second-order valence-corrected chi connectivity index (χ2v) is 3.40. The van der Waals surface area contributed by atoms with E-state index < -0.39 is 5.91 Å². The van der Waals surface area contributed by atoms with Crippen LogP contribution in [0.5, 0.6) is 0 Å². The molecular weight excluding hydrogens is 223 g/mol. The molecule has 0 aliphatic rings. The van der Waals surface area contributed by atoms with E-state index in [9.17, 15) is 14.0 Å². The minimum atomic E-state index is -0.473. The molecule has 0 unspecified atom stereocenters. The first-order valence-corrected chi connectivity index (χ1v) is 5.08. The summed E-state index contributed by atoms with van der Waals surface area (Å²) in [5, 5.41) is 2.48. The van der Waals surface area contributed by atoms with E-state index in [1.807, 2.05) is 0 Å². The predicted octanol–water partition coefficient (Wildman–Crippen LogP) is 0.830. The topological polar surface area (TPSA) is 72.2 Å². The van der Waals surface area contributed by atoms with Crippen LogP contribution < -0.4 is 11.1 Å². The lowest BCUT2D eigenvalue weighted by Crippen LogP contribution is -2.26. The van der Waals surface area contributed by atoms with Gasteiger partial charge >= 0.3 is 0 Å². The number of carbonyl (C=O) groups excluding carboxylic acids is 2. The largest absolute Gasteiger partial charge is 0.370 e. The Labute approximate surface area is 98.3 Å². The van der Waals surface area contributed by atoms with Crippen molar-refractivity contribution in [1.29, 1.82) is 0 Å². The molecule has 0 radical (unpaired) electrons. The Bertz CT molecular complexity index is 444. The van der Waals surface area contributed by atoms with E-state index in [1.165, 1.54) is 24.3 Å². The standard InChI is InChI=1S/C12H13FN2O2/c13-10-3-1-2-9(8-10)4-5-12(17)15-7-6-11(14)16/h1-5,8H,6-7H2,(H2,14,16)(H,15,17)/b5-4-. The average molecular weight is 236 g/mol. The number of nitrogens with one attached hydrogen (secondary N) is 1. The number of halogens is 1. The van der Waals surface area contributed by atoms with Gasteiger partial charge in [-0.1, -0.05) is 12.1 Å². The van der Waals surface area contributed by atoms with Gasteiger partial charge in [-0.05, 0) is 23.8 Å². The minimum absolute atomic E-state index is 0.0968. The molecule has 0 aromatic heterocycles. The molecule has 0 atom stereocenters. The molecule has 1 rings (SSSR count). The third-order valence-electron chi connectivity index (χ3n) is 1.95. The van der Waals surface area contributed by atoms with E-state index in [0.29, 0.717) is 5.56 Å². The van der Waals surface area contributed by atoms with Crippen LogP contribution in [-0.4, -0.2) is 18.4 Å². The molecule has 0 aliphatic heterocycles. The molecular formula is C12H13FN2O2. The third kappa shape index (κ3) is 5.46. The van der Waals surface area contributed by atoms with Crippen LogP contribution in [0.4, 0.5) is 4.39 Å². The zero-order valence-electron chi connectivity index (χ0n) is 9.15. The Morgan fingerprint density at radius 1 is 1.41 bits per heavy atom. The number of carbonyl (C=O) groups is 2. The SMILES string of the molecule is NC(=O)CCNC(=O)/C=C\c1cccc(F)c1. The highest BCUT2D eigenvalue weighted by atomic mass is 19.1. The molecule has 0 saturated heterocycles. The zero-order chi connectivity index (χ0) is 12.7. The molecule has 0 aliphatic carbocycles. The Morgan fingerprint density at radius 3 is 2.82 bits per heavy atom. The highest BCUT2D eigenvalue weighted by Crippen LogP contribution is 2.04. The number of hydrogen-bond acceptors (Lipinski definition) is 2. The molecule has 1 aromatic rings. The molecule has 0 bridgehead atoms. The van der Waals surface area contributed by atoms with Crippen LogP contribution in [0.1, 0.15) is 12.0 Å². The Hall–Kier alpha value is -2.17. The van der Waals surface area contributed by atoms with Crippen molar-refractivity contribution in [3.63, 3.8) is 0 Å². The van der Waals surface area contributed by atoms with Gasteiger partial charge < -0.3 is 11.1 Å². The lowest BCUT2D eigenvalue weighted by molar-refractivity contribution is -0.118. The van der Waals surface area contributed by atoms with Gasteiger partial charge in [-0.15, -0.1) is 0 Å². The summed E-state index contributed by atoms with van der Waals surface area (Å²) in [6, 6.07) is 5.87. The molecule has 2 amide bonds. The minimum Gasteiger partial charge on any atom is -0.370 e. The molecule has 0 fully saturated rings. The van der Waals surface area contributed by atoms with Crippen LogP contribution in [0, 0.1) is 5.82 Å². The van der Waals surface area contributed by atoms with Gasteiger partial charge in [0.25, 0.3) is 0 Å². The average Bonchev–Trinajstić information content (AvgIpc) is 2.26. The van der Waals surface area contributed by atoms with E-state index >= 15 is 0 Å². The maximum absolute atomic E-state index is 12.8. The number of benzene rings is 1. The number of amides is 2. The summed E-state index contributed by atoms with van der Waals surface area (Å²) < 4.78 is 12.8. The van der Waals surface area contributed by atoms with Gasteiger partial charge in [0, 0.05) is 19.0 Å². The van der Waals surface area contributed by atoms with Gasteiger partial charge in [-0.2, -0.15) is 0 Å². The summed E-state index contributed by atoms with van der Waals surface area (Å²) in [6.07, 6.45) is 2.86. The summed E-state index contributed by atoms with van der Waals surface area (Å²) >= 11 is 0. The fourth-order valence-electron chi connectivity index (χ4n) is 1.15. The van der Waals surface area contributed by atoms with Crippen molar-refractivity contribution in [3.05, 3.63) is 41.7 Å². The van der Waals surface area contributed by atoms with Crippen molar-refractivity contribution in [2.75, 3.05) is 6.54 Å². The van der Waals surface area contributed by atoms with Crippen LogP contribution in [0.3, 0.4) is 0 Å². The van der Waals surface area contributed by atoms with Crippen molar-refractivity contribution in [3.8, 4) is 0 Å². The summed E-state index contributed by atoms with van der Waals surface area (Å²) in [4.78, 5) is 21.6. The fraction of sp³-hybridized carbons (Fsp3) is 0.167.